The van der Waals surface area contributed by atoms with E-state index in [0.29, 0.717) is 39.8 Å². The molecular formula is C26H26ClF4N5O3. The smallest absolute Gasteiger partial charge is 0.390 e. The molecule has 1 aliphatic rings. The van der Waals surface area contributed by atoms with Crippen LogP contribution in [0.25, 0.3) is 5.69 Å². The quantitative estimate of drug-likeness (QED) is 0.201. The maximum atomic E-state index is 13.9. The van der Waals surface area contributed by atoms with Crippen LogP contribution in [0.15, 0.2) is 48.5 Å². The second-order valence-corrected chi connectivity index (χ2v) is 10.1. The van der Waals surface area contributed by atoms with E-state index in [2.05, 4.69) is 10.4 Å². The number of carbonyl (C=O) groups excluding carboxylic acids is 1. The molecule has 0 saturated carbocycles. The molecule has 0 fully saturated rings. The Balaban J connectivity index is 1.62. The number of aliphatic hydroxyl groups excluding tert-OH is 1. The Morgan fingerprint density at radius 1 is 1.28 bits per heavy atom. The monoisotopic (exact) mass is 567 g/mol. The topological polar surface area (TPSA) is 114 Å². The lowest BCUT2D eigenvalue weighted by Gasteiger charge is -2.29. The SMILES string of the molecule is CC1(O)CCc2c(CNC(=O)N(C[C@H](O)C(F)(F)F)C(=N)c3ccc(Cl)cc3)nn(-c3cccc(F)c3)c2C1. The Bertz CT molecular complexity index is 1370. The predicted molar refractivity (Wildman–Crippen MR) is 135 cm³/mol. The number of aromatic nitrogens is 2. The van der Waals surface area contributed by atoms with Gasteiger partial charge in [-0.05, 0) is 67.8 Å². The summed E-state index contributed by atoms with van der Waals surface area (Å²) in [6.07, 6.45) is -6.89. The summed E-state index contributed by atoms with van der Waals surface area (Å²) in [6.45, 7) is 0.236. The average Bonchev–Trinajstić information content (AvgIpc) is 3.21. The molecule has 1 heterocycles. The second kappa shape index (κ2) is 10.9. The van der Waals surface area contributed by atoms with Gasteiger partial charge in [0.05, 0.1) is 35.8 Å². The molecule has 2 aromatic carbocycles. The number of aliphatic hydroxyl groups is 2. The summed E-state index contributed by atoms with van der Waals surface area (Å²) in [4.78, 5) is 13.6. The van der Waals surface area contributed by atoms with Crippen LogP contribution in [0.3, 0.4) is 0 Å². The summed E-state index contributed by atoms with van der Waals surface area (Å²) in [5.74, 6) is -1.07. The molecule has 1 aromatic heterocycles. The normalized spacial score (nSPS) is 17.8. The number of alkyl halides is 3. The highest BCUT2D eigenvalue weighted by Gasteiger charge is 2.41. The lowest BCUT2D eigenvalue weighted by molar-refractivity contribution is -0.204. The van der Waals surface area contributed by atoms with Gasteiger partial charge in [-0.15, -0.1) is 0 Å². The van der Waals surface area contributed by atoms with Gasteiger partial charge in [0.15, 0.2) is 6.10 Å². The van der Waals surface area contributed by atoms with Gasteiger partial charge >= 0.3 is 12.2 Å². The molecule has 1 unspecified atom stereocenters. The van der Waals surface area contributed by atoms with Crippen molar-refractivity contribution < 1.29 is 32.6 Å². The van der Waals surface area contributed by atoms with Crippen LogP contribution in [0, 0.1) is 11.2 Å². The fourth-order valence-electron chi connectivity index (χ4n) is 4.38. The standard InChI is InChI=1S/C26H26ClF4N5O3/c1-25(39)10-9-19-20(34-36(21(19)12-25)18-4-2-3-17(28)11-18)13-33-24(38)35(14-22(37)26(29,30)31)23(32)15-5-7-16(27)8-6-15/h2-8,11,22,32,37,39H,9-10,12-14H2,1H3,(H,33,38)/t22-,25?/m0/s1. The van der Waals surface area contributed by atoms with Crippen LogP contribution in [-0.4, -0.2) is 61.2 Å². The van der Waals surface area contributed by atoms with E-state index in [1.807, 2.05) is 0 Å². The lowest BCUT2D eigenvalue weighted by atomic mass is 9.84. The number of rotatable bonds is 6. The lowest BCUT2D eigenvalue weighted by Crippen LogP contribution is -2.50. The van der Waals surface area contributed by atoms with Crippen molar-refractivity contribution in [2.75, 3.05) is 6.54 Å². The van der Waals surface area contributed by atoms with Crippen LogP contribution in [0.5, 0.6) is 0 Å². The Morgan fingerprint density at radius 3 is 2.62 bits per heavy atom. The average molecular weight is 568 g/mol. The fourth-order valence-corrected chi connectivity index (χ4v) is 4.51. The Morgan fingerprint density at radius 2 is 1.97 bits per heavy atom. The van der Waals surface area contributed by atoms with Crippen molar-refractivity contribution in [2.24, 2.45) is 0 Å². The van der Waals surface area contributed by atoms with Crippen LogP contribution < -0.4 is 5.32 Å². The molecule has 208 valence electrons. The molecule has 0 aliphatic heterocycles. The highest BCUT2D eigenvalue weighted by molar-refractivity contribution is 6.30. The molecule has 4 rings (SSSR count). The first-order valence-corrected chi connectivity index (χ1v) is 12.4. The molecule has 0 spiro atoms. The minimum atomic E-state index is -5.02. The second-order valence-electron chi connectivity index (χ2n) is 9.62. The molecular weight excluding hydrogens is 542 g/mol. The van der Waals surface area contributed by atoms with E-state index < -0.39 is 42.1 Å². The molecule has 3 aromatic rings. The highest BCUT2D eigenvalue weighted by Crippen LogP contribution is 2.32. The van der Waals surface area contributed by atoms with Gasteiger partial charge in [0.1, 0.15) is 11.7 Å². The highest BCUT2D eigenvalue weighted by atomic mass is 35.5. The van der Waals surface area contributed by atoms with Gasteiger partial charge < -0.3 is 15.5 Å². The van der Waals surface area contributed by atoms with E-state index in [0.717, 1.165) is 5.56 Å². The van der Waals surface area contributed by atoms with Crippen LogP contribution in [-0.2, 0) is 19.4 Å². The van der Waals surface area contributed by atoms with Crippen LogP contribution >= 0.6 is 11.6 Å². The van der Waals surface area contributed by atoms with Crippen LogP contribution in [0.2, 0.25) is 5.02 Å². The number of nitrogens with one attached hydrogen (secondary N) is 2. The van der Waals surface area contributed by atoms with Crippen molar-refractivity contribution in [2.45, 2.75) is 50.6 Å². The van der Waals surface area contributed by atoms with Crippen LogP contribution in [0.4, 0.5) is 22.4 Å². The first-order valence-electron chi connectivity index (χ1n) is 12.0. The third-order valence-electron chi connectivity index (χ3n) is 6.46. The number of hydrogen-bond acceptors (Lipinski definition) is 5. The molecule has 13 heteroatoms. The van der Waals surface area contributed by atoms with Crippen LogP contribution in [0.1, 0.15) is 35.9 Å². The number of nitrogens with zero attached hydrogens (tertiary/aromatic N) is 3. The Hall–Kier alpha value is -3.48. The van der Waals surface area contributed by atoms with Crippen molar-refractivity contribution in [3.8, 4) is 5.69 Å². The third kappa shape index (κ3) is 6.57. The van der Waals surface area contributed by atoms with Gasteiger partial charge in [0, 0.05) is 17.0 Å². The number of fused-ring (bicyclic) bond motifs is 1. The molecule has 4 N–H and O–H groups in total. The molecule has 0 radical (unpaired) electrons. The van der Waals surface area contributed by atoms with E-state index in [-0.39, 0.29) is 18.5 Å². The number of benzene rings is 2. The Kier molecular flexibility index (Phi) is 8.01. The van der Waals surface area contributed by atoms with Gasteiger partial charge in [0.25, 0.3) is 0 Å². The zero-order valence-electron chi connectivity index (χ0n) is 20.8. The van der Waals surface area contributed by atoms with Gasteiger partial charge in [-0.25, -0.2) is 13.9 Å². The van der Waals surface area contributed by atoms with Gasteiger partial charge in [0.2, 0.25) is 0 Å². The summed E-state index contributed by atoms with van der Waals surface area (Å²) < 4.78 is 54.8. The first kappa shape index (κ1) is 28.5. The summed E-state index contributed by atoms with van der Waals surface area (Å²) in [6, 6.07) is 10.2. The number of halogens is 5. The molecule has 0 bridgehead atoms. The van der Waals surface area contributed by atoms with Crippen molar-refractivity contribution in [1.29, 1.82) is 5.41 Å². The van der Waals surface area contributed by atoms with Gasteiger partial charge in [-0.2, -0.15) is 18.3 Å². The van der Waals surface area contributed by atoms with Gasteiger partial charge in [-0.1, -0.05) is 17.7 Å². The fraction of sp³-hybridized carbons (Fsp3) is 0.346. The van der Waals surface area contributed by atoms with Crippen molar-refractivity contribution in [3.05, 3.63) is 81.9 Å². The summed E-state index contributed by atoms with van der Waals surface area (Å²) in [5, 5.41) is 36.0. The minimum absolute atomic E-state index is 0.110. The van der Waals surface area contributed by atoms with Gasteiger partial charge in [-0.3, -0.25) is 10.3 Å². The maximum Gasteiger partial charge on any atom is 0.416 e. The molecule has 0 saturated heterocycles. The number of amides is 2. The molecule has 39 heavy (non-hydrogen) atoms. The maximum absolute atomic E-state index is 13.9. The van der Waals surface area contributed by atoms with Crippen molar-refractivity contribution in [1.82, 2.24) is 20.0 Å². The molecule has 2 atom stereocenters. The Labute approximate surface area is 226 Å². The number of carbonyl (C=O) groups is 1. The van der Waals surface area contributed by atoms with E-state index in [9.17, 15) is 32.6 Å². The number of amidine groups is 1. The number of urea groups is 1. The van der Waals surface area contributed by atoms with E-state index in [1.54, 1.807) is 13.0 Å². The zero-order valence-corrected chi connectivity index (χ0v) is 21.5. The molecule has 8 nitrogen and oxygen atoms in total. The summed E-state index contributed by atoms with van der Waals surface area (Å²) in [7, 11) is 0. The zero-order chi connectivity index (χ0) is 28.5. The van der Waals surface area contributed by atoms with E-state index in [4.69, 9.17) is 17.0 Å². The largest absolute Gasteiger partial charge is 0.416 e. The molecule has 2 amide bonds. The van der Waals surface area contributed by atoms with Crippen molar-refractivity contribution in [3.63, 3.8) is 0 Å². The minimum Gasteiger partial charge on any atom is -0.390 e. The first-order chi connectivity index (χ1) is 18.2. The van der Waals surface area contributed by atoms with Crippen molar-refractivity contribution >= 4 is 23.5 Å². The van der Waals surface area contributed by atoms with E-state index >= 15 is 0 Å². The van der Waals surface area contributed by atoms with E-state index in [1.165, 1.54) is 47.1 Å². The third-order valence-corrected chi connectivity index (χ3v) is 6.71. The molecule has 1 aliphatic carbocycles. The summed E-state index contributed by atoms with van der Waals surface area (Å²) in [5.41, 5.74) is 1.21. The number of hydrogen-bond donors (Lipinski definition) is 4. The summed E-state index contributed by atoms with van der Waals surface area (Å²) >= 11 is 5.85. The predicted octanol–water partition coefficient (Wildman–Crippen LogP) is 4.36.